The van der Waals surface area contributed by atoms with Gasteiger partial charge in [-0.1, -0.05) is 13.8 Å². The SMILES string of the molecule is Cc1nc(C)c(C(=O)O)c(SCC(C)C)n1. The van der Waals surface area contributed by atoms with Gasteiger partial charge in [-0.05, 0) is 19.8 Å². The van der Waals surface area contributed by atoms with E-state index in [1.165, 1.54) is 11.8 Å². The van der Waals surface area contributed by atoms with Gasteiger partial charge in [-0.2, -0.15) is 0 Å². The molecule has 0 aliphatic carbocycles. The van der Waals surface area contributed by atoms with E-state index in [4.69, 9.17) is 5.11 Å². The average molecular weight is 240 g/mol. The highest BCUT2D eigenvalue weighted by Gasteiger charge is 2.17. The number of hydrogen-bond acceptors (Lipinski definition) is 4. The summed E-state index contributed by atoms with van der Waals surface area (Å²) in [6.45, 7) is 7.67. The van der Waals surface area contributed by atoms with Gasteiger partial charge in [0.05, 0.1) is 5.69 Å². The summed E-state index contributed by atoms with van der Waals surface area (Å²) >= 11 is 1.48. The maximum Gasteiger partial charge on any atom is 0.340 e. The molecule has 1 heterocycles. The number of aromatic nitrogens is 2. The fourth-order valence-corrected chi connectivity index (χ4v) is 2.34. The molecule has 1 aromatic rings. The van der Waals surface area contributed by atoms with Gasteiger partial charge in [-0.15, -0.1) is 11.8 Å². The smallest absolute Gasteiger partial charge is 0.340 e. The maximum absolute atomic E-state index is 11.1. The average Bonchev–Trinajstić information content (AvgIpc) is 2.12. The Morgan fingerprint density at radius 1 is 1.38 bits per heavy atom. The summed E-state index contributed by atoms with van der Waals surface area (Å²) in [6.07, 6.45) is 0. The van der Waals surface area contributed by atoms with Crippen LogP contribution in [-0.4, -0.2) is 26.8 Å². The number of aromatic carboxylic acids is 1. The number of rotatable bonds is 4. The molecule has 5 heteroatoms. The number of nitrogens with zero attached hydrogens (tertiary/aromatic N) is 2. The number of aryl methyl sites for hydroxylation is 2. The van der Waals surface area contributed by atoms with E-state index < -0.39 is 5.97 Å². The van der Waals surface area contributed by atoms with E-state index in [0.717, 1.165) is 5.75 Å². The van der Waals surface area contributed by atoms with Crippen LogP contribution < -0.4 is 0 Å². The maximum atomic E-state index is 11.1. The van der Waals surface area contributed by atoms with Gasteiger partial charge in [0.25, 0.3) is 0 Å². The number of carboxylic acids is 1. The minimum atomic E-state index is -0.955. The van der Waals surface area contributed by atoms with Crippen molar-refractivity contribution in [3.05, 3.63) is 17.1 Å². The Hall–Kier alpha value is -1.10. The van der Waals surface area contributed by atoms with Gasteiger partial charge in [0.2, 0.25) is 0 Å². The fraction of sp³-hybridized carbons (Fsp3) is 0.545. The quantitative estimate of drug-likeness (QED) is 0.647. The molecule has 1 aromatic heterocycles. The largest absolute Gasteiger partial charge is 0.478 e. The Bertz CT molecular complexity index is 405. The van der Waals surface area contributed by atoms with Crippen LogP contribution in [0.15, 0.2) is 5.03 Å². The number of carbonyl (C=O) groups is 1. The van der Waals surface area contributed by atoms with Gasteiger partial charge >= 0.3 is 5.97 Å². The van der Waals surface area contributed by atoms with Crippen LogP contribution in [0.1, 0.15) is 35.7 Å². The first-order valence-corrected chi connectivity index (χ1v) is 6.11. The summed E-state index contributed by atoms with van der Waals surface area (Å²) < 4.78 is 0. The third kappa shape index (κ3) is 3.20. The lowest BCUT2D eigenvalue weighted by molar-refractivity contribution is 0.0690. The monoisotopic (exact) mass is 240 g/mol. The molecule has 1 rings (SSSR count). The molecular formula is C11H16N2O2S. The van der Waals surface area contributed by atoms with E-state index in [2.05, 4.69) is 23.8 Å². The van der Waals surface area contributed by atoms with Crippen molar-refractivity contribution in [3.8, 4) is 0 Å². The minimum Gasteiger partial charge on any atom is -0.478 e. The van der Waals surface area contributed by atoms with Crippen molar-refractivity contribution >= 4 is 17.7 Å². The molecule has 0 atom stereocenters. The summed E-state index contributed by atoms with van der Waals surface area (Å²) in [5, 5.41) is 9.68. The highest BCUT2D eigenvalue weighted by Crippen LogP contribution is 2.24. The molecule has 4 nitrogen and oxygen atoms in total. The van der Waals surface area contributed by atoms with E-state index in [0.29, 0.717) is 22.5 Å². The molecule has 16 heavy (non-hydrogen) atoms. The van der Waals surface area contributed by atoms with Crippen molar-refractivity contribution in [1.29, 1.82) is 0 Å². The standard InChI is InChI=1S/C11H16N2O2S/c1-6(2)5-16-10-9(11(14)15)7(3)12-8(4)13-10/h6H,5H2,1-4H3,(H,14,15). The van der Waals surface area contributed by atoms with Crippen molar-refractivity contribution in [2.45, 2.75) is 32.7 Å². The summed E-state index contributed by atoms with van der Waals surface area (Å²) in [6, 6.07) is 0. The molecule has 1 N–H and O–H groups in total. The second-order valence-electron chi connectivity index (χ2n) is 4.05. The third-order valence-corrected chi connectivity index (χ3v) is 3.34. The highest BCUT2D eigenvalue weighted by atomic mass is 32.2. The van der Waals surface area contributed by atoms with Crippen LogP contribution in [0.3, 0.4) is 0 Å². The Balaban J connectivity index is 3.09. The number of hydrogen-bond donors (Lipinski definition) is 1. The van der Waals surface area contributed by atoms with E-state index in [1.54, 1.807) is 13.8 Å². The van der Waals surface area contributed by atoms with Crippen molar-refractivity contribution in [3.63, 3.8) is 0 Å². The van der Waals surface area contributed by atoms with Gasteiger partial charge in [-0.25, -0.2) is 14.8 Å². The lowest BCUT2D eigenvalue weighted by atomic mass is 10.2. The Morgan fingerprint density at radius 2 is 2.00 bits per heavy atom. The molecule has 0 radical (unpaired) electrons. The minimum absolute atomic E-state index is 0.233. The van der Waals surface area contributed by atoms with E-state index in [1.807, 2.05) is 0 Å². The number of carboxylic acid groups (broad SMARTS) is 1. The second kappa shape index (κ2) is 5.30. The Morgan fingerprint density at radius 3 is 2.50 bits per heavy atom. The van der Waals surface area contributed by atoms with Crippen molar-refractivity contribution in [2.75, 3.05) is 5.75 Å². The summed E-state index contributed by atoms with van der Waals surface area (Å²) in [7, 11) is 0. The second-order valence-corrected chi connectivity index (χ2v) is 5.06. The van der Waals surface area contributed by atoms with Crippen LogP contribution in [0, 0.1) is 19.8 Å². The van der Waals surface area contributed by atoms with Crippen LogP contribution >= 0.6 is 11.8 Å². The molecule has 88 valence electrons. The van der Waals surface area contributed by atoms with Crippen LogP contribution in [0.5, 0.6) is 0 Å². The highest BCUT2D eigenvalue weighted by molar-refractivity contribution is 7.99. The van der Waals surface area contributed by atoms with E-state index >= 15 is 0 Å². The molecule has 0 saturated heterocycles. The molecule has 0 unspecified atom stereocenters. The zero-order chi connectivity index (χ0) is 12.3. The van der Waals surface area contributed by atoms with E-state index in [-0.39, 0.29) is 5.56 Å². The van der Waals surface area contributed by atoms with Gasteiger partial charge in [-0.3, -0.25) is 0 Å². The fourth-order valence-electron chi connectivity index (χ4n) is 1.28. The molecule has 0 spiro atoms. The van der Waals surface area contributed by atoms with Crippen LogP contribution in [0.25, 0.3) is 0 Å². The molecule has 0 aliphatic rings. The number of thioether (sulfide) groups is 1. The Labute approximate surface area is 99.5 Å². The molecule has 0 amide bonds. The summed E-state index contributed by atoms with van der Waals surface area (Å²) in [5.74, 6) is 1.02. The lowest BCUT2D eigenvalue weighted by Crippen LogP contribution is -2.08. The predicted molar refractivity (Wildman–Crippen MR) is 64.0 cm³/mol. The normalized spacial score (nSPS) is 10.8. The van der Waals surface area contributed by atoms with Crippen molar-refractivity contribution in [2.24, 2.45) is 5.92 Å². The van der Waals surface area contributed by atoms with Crippen LogP contribution in [0.2, 0.25) is 0 Å². The predicted octanol–water partition coefficient (Wildman–Crippen LogP) is 2.54. The molecule has 0 saturated carbocycles. The van der Waals surface area contributed by atoms with Crippen LogP contribution in [-0.2, 0) is 0 Å². The van der Waals surface area contributed by atoms with Crippen molar-refractivity contribution in [1.82, 2.24) is 9.97 Å². The van der Waals surface area contributed by atoms with Crippen molar-refractivity contribution < 1.29 is 9.90 Å². The van der Waals surface area contributed by atoms with E-state index in [9.17, 15) is 4.79 Å². The van der Waals surface area contributed by atoms with Gasteiger partial charge in [0, 0.05) is 5.75 Å². The zero-order valence-electron chi connectivity index (χ0n) is 9.94. The first kappa shape index (κ1) is 13.0. The van der Waals surface area contributed by atoms with Gasteiger partial charge in [0.1, 0.15) is 16.4 Å². The summed E-state index contributed by atoms with van der Waals surface area (Å²) in [5.41, 5.74) is 0.766. The molecule has 0 bridgehead atoms. The summed E-state index contributed by atoms with van der Waals surface area (Å²) in [4.78, 5) is 19.4. The zero-order valence-corrected chi connectivity index (χ0v) is 10.8. The first-order valence-electron chi connectivity index (χ1n) is 5.13. The van der Waals surface area contributed by atoms with Crippen LogP contribution in [0.4, 0.5) is 0 Å². The molecule has 0 aromatic carbocycles. The van der Waals surface area contributed by atoms with Gasteiger partial charge in [0.15, 0.2) is 0 Å². The first-order chi connectivity index (χ1) is 7.41. The lowest BCUT2D eigenvalue weighted by Gasteiger charge is -2.09. The molecule has 0 fully saturated rings. The van der Waals surface area contributed by atoms with Gasteiger partial charge < -0.3 is 5.11 Å². The molecular weight excluding hydrogens is 224 g/mol. The molecule has 0 aliphatic heterocycles. The topological polar surface area (TPSA) is 63.1 Å². The third-order valence-electron chi connectivity index (χ3n) is 1.94. The Kier molecular flexibility index (Phi) is 4.29.